The molecule has 0 spiro atoms. The highest BCUT2D eigenvalue weighted by Crippen LogP contribution is 2.18. The molecule has 0 saturated heterocycles. The number of aromatic amines is 1. The van der Waals surface area contributed by atoms with Gasteiger partial charge in [-0.1, -0.05) is 6.07 Å². The summed E-state index contributed by atoms with van der Waals surface area (Å²) in [6.07, 6.45) is 2.92. The third-order valence-electron chi connectivity index (χ3n) is 2.40. The zero-order valence-corrected chi connectivity index (χ0v) is 12.3. The molecule has 0 unspecified atom stereocenters. The van der Waals surface area contributed by atoms with Crippen LogP contribution in [-0.2, 0) is 16.0 Å². The average molecular weight is 323 g/mol. The van der Waals surface area contributed by atoms with Crippen molar-refractivity contribution in [3.63, 3.8) is 0 Å². The monoisotopic (exact) mass is 323 g/mol. The van der Waals surface area contributed by atoms with Gasteiger partial charge in [-0.15, -0.1) is 11.8 Å². The third-order valence-corrected chi connectivity index (χ3v) is 3.42. The maximum atomic E-state index is 12.7. The molecule has 2 aromatic rings. The Morgan fingerprint density at radius 2 is 1.82 bits per heavy atom. The minimum Gasteiger partial charge on any atom is -0.539 e. The van der Waals surface area contributed by atoms with E-state index in [1.807, 2.05) is 30.5 Å². The standard InChI is InChI=1S/C13H12FNS.C2H2O4/c14-11-4-6-13(7-5-11)16-10-8-12-3-1-2-9-15-12;3-1(4)2(5)6/h1-7,9H,8,10H2;(H,3,4)(H,5,6). The zero-order chi connectivity index (χ0) is 16.4. The number of nitrogens with one attached hydrogen (secondary N) is 1. The number of hydrogen-bond donors (Lipinski definition) is 1. The molecule has 7 heteroatoms. The number of carbonyl (C=O) groups excluding carboxylic acids is 1. The fraction of sp³-hybridized carbons (Fsp3) is 0.133. The van der Waals surface area contributed by atoms with Crippen molar-refractivity contribution in [3.05, 3.63) is 60.2 Å². The van der Waals surface area contributed by atoms with E-state index in [-0.39, 0.29) is 5.82 Å². The predicted molar refractivity (Wildman–Crippen MR) is 76.5 cm³/mol. The summed E-state index contributed by atoms with van der Waals surface area (Å²) in [5, 5.41) is 16.3. The molecule has 0 aliphatic heterocycles. The molecule has 0 amide bonds. The molecule has 22 heavy (non-hydrogen) atoms. The van der Waals surface area contributed by atoms with Gasteiger partial charge in [0.25, 0.3) is 0 Å². The van der Waals surface area contributed by atoms with Gasteiger partial charge in [-0.25, -0.2) is 14.2 Å². The van der Waals surface area contributed by atoms with E-state index in [0.717, 1.165) is 17.1 Å². The Morgan fingerprint density at radius 3 is 2.32 bits per heavy atom. The fourth-order valence-corrected chi connectivity index (χ4v) is 2.28. The summed E-state index contributed by atoms with van der Waals surface area (Å²) in [5.74, 6) is -3.20. The van der Waals surface area contributed by atoms with Gasteiger partial charge in [-0.3, -0.25) is 0 Å². The zero-order valence-electron chi connectivity index (χ0n) is 11.5. The van der Waals surface area contributed by atoms with Gasteiger partial charge in [0, 0.05) is 29.2 Å². The number of aryl methyl sites for hydroxylation is 1. The molecule has 5 nitrogen and oxygen atoms in total. The first-order valence-electron chi connectivity index (χ1n) is 6.27. The van der Waals surface area contributed by atoms with Crippen LogP contribution in [0.4, 0.5) is 4.39 Å². The van der Waals surface area contributed by atoms with Gasteiger partial charge in [0.2, 0.25) is 0 Å². The first kappa shape index (κ1) is 17.6. The molecule has 2 N–H and O–H groups in total. The predicted octanol–water partition coefficient (Wildman–Crippen LogP) is 0.795. The lowest BCUT2D eigenvalue weighted by molar-refractivity contribution is -0.389. The Kier molecular flexibility index (Phi) is 7.63. The highest BCUT2D eigenvalue weighted by atomic mass is 32.2. The maximum Gasteiger partial charge on any atom is 0.351 e. The van der Waals surface area contributed by atoms with E-state index >= 15 is 0 Å². The summed E-state index contributed by atoms with van der Waals surface area (Å²) in [5.41, 5.74) is 1.22. The number of rotatable bonds is 4. The van der Waals surface area contributed by atoms with Crippen LogP contribution in [-0.4, -0.2) is 22.8 Å². The van der Waals surface area contributed by atoms with Crippen molar-refractivity contribution >= 4 is 23.7 Å². The van der Waals surface area contributed by atoms with E-state index in [2.05, 4.69) is 11.1 Å². The number of carboxylic acids is 2. The number of thioether (sulfide) groups is 1. The molecule has 0 aliphatic carbocycles. The second-order valence-corrected chi connectivity index (χ2v) is 5.20. The molecule has 0 radical (unpaired) electrons. The molecule has 1 aromatic carbocycles. The Bertz CT molecular complexity index is 593. The average Bonchev–Trinajstić information content (AvgIpc) is 2.51. The van der Waals surface area contributed by atoms with Crippen molar-refractivity contribution in [1.29, 1.82) is 0 Å². The number of carbonyl (C=O) groups is 2. The largest absolute Gasteiger partial charge is 0.539 e. The van der Waals surface area contributed by atoms with Gasteiger partial charge < -0.3 is 15.0 Å². The van der Waals surface area contributed by atoms with Gasteiger partial charge in [0.1, 0.15) is 5.82 Å². The molecule has 0 atom stereocenters. The van der Waals surface area contributed by atoms with E-state index in [0.29, 0.717) is 0 Å². The summed E-state index contributed by atoms with van der Waals surface area (Å²) in [4.78, 5) is 22.3. The summed E-state index contributed by atoms with van der Waals surface area (Å²) >= 11 is 1.74. The molecular formula is C15H14FNO4S. The van der Waals surface area contributed by atoms with Crippen LogP contribution in [0.2, 0.25) is 0 Å². The highest BCUT2D eigenvalue weighted by molar-refractivity contribution is 7.99. The first-order chi connectivity index (χ1) is 10.5. The SMILES string of the molecule is Fc1ccc(SCCc2cccc[nH+]2)cc1.O=C([O-])C(=O)O. The normalized spacial score (nSPS) is 9.50. The van der Waals surface area contributed by atoms with Gasteiger partial charge in [-0.2, -0.15) is 0 Å². The van der Waals surface area contributed by atoms with Crippen molar-refractivity contribution in [2.75, 3.05) is 5.75 Å². The quantitative estimate of drug-likeness (QED) is 0.663. The number of aliphatic carboxylic acids is 2. The van der Waals surface area contributed by atoms with Gasteiger partial charge in [0.05, 0.1) is 0 Å². The van der Waals surface area contributed by atoms with Crippen LogP contribution in [0.15, 0.2) is 53.6 Å². The van der Waals surface area contributed by atoms with Crippen LogP contribution in [0.5, 0.6) is 0 Å². The van der Waals surface area contributed by atoms with Crippen LogP contribution in [0.3, 0.4) is 0 Å². The van der Waals surface area contributed by atoms with Gasteiger partial charge in [-0.05, 0) is 24.3 Å². The van der Waals surface area contributed by atoms with Crippen molar-refractivity contribution in [2.45, 2.75) is 11.3 Å². The fourth-order valence-electron chi connectivity index (χ4n) is 1.40. The Balaban J connectivity index is 0.000000346. The highest BCUT2D eigenvalue weighted by Gasteiger charge is 2.00. The molecule has 1 heterocycles. The van der Waals surface area contributed by atoms with E-state index in [4.69, 9.17) is 19.8 Å². The summed E-state index contributed by atoms with van der Waals surface area (Å²) in [7, 11) is 0. The molecule has 0 bridgehead atoms. The molecule has 116 valence electrons. The van der Waals surface area contributed by atoms with Crippen molar-refractivity contribution in [1.82, 2.24) is 0 Å². The lowest BCUT2D eigenvalue weighted by atomic mass is 10.3. The molecule has 1 aromatic heterocycles. The van der Waals surface area contributed by atoms with E-state index in [9.17, 15) is 4.39 Å². The van der Waals surface area contributed by atoms with E-state index in [1.54, 1.807) is 11.8 Å². The lowest BCUT2D eigenvalue weighted by Crippen LogP contribution is -2.30. The third kappa shape index (κ3) is 7.39. The summed E-state index contributed by atoms with van der Waals surface area (Å²) in [6.45, 7) is 0. The van der Waals surface area contributed by atoms with Crippen LogP contribution < -0.4 is 10.1 Å². The van der Waals surface area contributed by atoms with Crippen LogP contribution in [0, 0.1) is 5.82 Å². The molecule has 0 fully saturated rings. The first-order valence-corrected chi connectivity index (χ1v) is 7.26. The lowest BCUT2D eigenvalue weighted by Gasteiger charge is -1.99. The second-order valence-electron chi connectivity index (χ2n) is 4.03. The number of carboxylic acid groups (broad SMARTS) is 2. The Labute approximate surface area is 130 Å². The molecule has 0 saturated carbocycles. The van der Waals surface area contributed by atoms with Gasteiger partial charge in [0.15, 0.2) is 17.9 Å². The van der Waals surface area contributed by atoms with E-state index < -0.39 is 11.9 Å². The minimum absolute atomic E-state index is 0.180. The molecule has 0 aliphatic rings. The second kappa shape index (κ2) is 9.51. The topological polar surface area (TPSA) is 91.6 Å². The number of pyridine rings is 1. The number of aromatic nitrogens is 1. The number of halogens is 1. The van der Waals surface area contributed by atoms with Crippen molar-refractivity contribution in [2.24, 2.45) is 0 Å². The Morgan fingerprint density at radius 1 is 1.18 bits per heavy atom. The Hall–Kier alpha value is -2.41. The van der Waals surface area contributed by atoms with Gasteiger partial charge >= 0.3 is 5.97 Å². The van der Waals surface area contributed by atoms with Crippen molar-refractivity contribution < 1.29 is 29.2 Å². The smallest absolute Gasteiger partial charge is 0.351 e. The molecule has 2 rings (SSSR count). The number of hydrogen-bond acceptors (Lipinski definition) is 4. The van der Waals surface area contributed by atoms with Crippen LogP contribution in [0.1, 0.15) is 5.69 Å². The van der Waals surface area contributed by atoms with Crippen molar-refractivity contribution in [3.8, 4) is 0 Å². The summed E-state index contributed by atoms with van der Waals surface area (Å²) < 4.78 is 12.7. The molecular weight excluding hydrogens is 309 g/mol. The number of H-pyrrole nitrogens is 1. The number of benzene rings is 1. The van der Waals surface area contributed by atoms with E-state index in [1.165, 1.54) is 17.8 Å². The maximum absolute atomic E-state index is 12.7. The minimum atomic E-state index is -2.07. The van der Waals surface area contributed by atoms with Crippen LogP contribution in [0.25, 0.3) is 0 Å². The van der Waals surface area contributed by atoms with Crippen LogP contribution >= 0.6 is 11.8 Å². The summed E-state index contributed by atoms with van der Waals surface area (Å²) in [6, 6.07) is 12.7.